The zero-order valence-corrected chi connectivity index (χ0v) is 8.23. The van der Waals surface area contributed by atoms with Crippen LogP contribution in [-0.4, -0.2) is 0 Å². The van der Waals surface area contributed by atoms with Crippen LogP contribution < -0.4 is 10.4 Å². The minimum atomic E-state index is -0.413. The van der Waals surface area contributed by atoms with E-state index in [4.69, 9.17) is 13.6 Å². The summed E-state index contributed by atoms with van der Waals surface area (Å²) in [7, 11) is 0. The van der Waals surface area contributed by atoms with Gasteiger partial charge in [-0.15, -0.1) is 0 Å². The van der Waals surface area contributed by atoms with E-state index < -0.39 is 5.63 Å². The Hall–Kier alpha value is -1.97. The van der Waals surface area contributed by atoms with Crippen molar-refractivity contribution in [2.75, 3.05) is 0 Å². The number of aryl methyl sites for hydroxylation is 1. The second-order valence-corrected chi connectivity index (χ2v) is 3.09. The van der Waals surface area contributed by atoms with Gasteiger partial charge in [0.15, 0.2) is 0 Å². The van der Waals surface area contributed by atoms with E-state index in [1.807, 2.05) is 0 Å². The highest BCUT2D eigenvalue weighted by molar-refractivity contribution is 5.20. The van der Waals surface area contributed by atoms with Crippen LogP contribution in [0.25, 0.3) is 0 Å². The van der Waals surface area contributed by atoms with Crippen LogP contribution in [0.3, 0.4) is 0 Å². The minimum Gasteiger partial charge on any atom is -0.485 e. The number of hydrogen-bond donors (Lipinski definition) is 0. The average Bonchev–Trinajstić information content (AvgIpc) is 2.65. The molecular weight excluding hydrogens is 196 g/mol. The van der Waals surface area contributed by atoms with E-state index in [0.717, 1.165) is 0 Å². The zero-order chi connectivity index (χ0) is 10.7. The third-order valence-corrected chi connectivity index (χ3v) is 1.83. The maximum Gasteiger partial charge on any atom is 0.339 e. The van der Waals surface area contributed by atoms with Gasteiger partial charge in [0.05, 0.1) is 12.3 Å². The second kappa shape index (κ2) is 4.04. The molecule has 0 aliphatic heterocycles. The summed E-state index contributed by atoms with van der Waals surface area (Å²) in [6, 6.07) is 6.54. The van der Waals surface area contributed by atoms with Gasteiger partial charge in [-0.05, 0) is 19.1 Å². The quantitative estimate of drug-likeness (QED) is 0.771. The minimum absolute atomic E-state index is 0.301. The monoisotopic (exact) mass is 206 g/mol. The van der Waals surface area contributed by atoms with Crippen molar-refractivity contribution in [3.05, 3.63) is 52.5 Å². The smallest absolute Gasteiger partial charge is 0.339 e. The van der Waals surface area contributed by atoms with Crippen molar-refractivity contribution < 1.29 is 13.6 Å². The highest BCUT2D eigenvalue weighted by Gasteiger charge is 2.01. The highest BCUT2D eigenvalue weighted by atomic mass is 16.5. The van der Waals surface area contributed by atoms with Gasteiger partial charge in [0.25, 0.3) is 0 Å². The molecule has 0 unspecified atom stereocenters. The van der Waals surface area contributed by atoms with E-state index >= 15 is 0 Å². The number of rotatable bonds is 3. The molecule has 0 saturated heterocycles. The van der Waals surface area contributed by atoms with Crippen molar-refractivity contribution in [1.29, 1.82) is 0 Å². The second-order valence-electron chi connectivity index (χ2n) is 3.09. The Balaban J connectivity index is 2.08. The summed E-state index contributed by atoms with van der Waals surface area (Å²) in [5, 5.41) is 0. The van der Waals surface area contributed by atoms with E-state index in [-0.39, 0.29) is 0 Å². The molecule has 2 rings (SSSR count). The van der Waals surface area contributed by atoms with Crippen LogP contribution in [0.5, 0.6) is 5.75 Å². The lowest BCUT2D eigenvalue weighted by Crippen LogP contribution is -2.01. The van der Waals surface area contributed by atoms with E-state index in [1.54, 1.807) is 31.4 Å². The van der Waals surface area contributed by atoms with Crippen LogP contribution in [0.2, 0.25) is 0 Å². The molecule has 0 saturated carbocycles. The fourth-order valence-electron chi connectivity index (χ4n) is 1.21. The molecule has 0 amide bonds. The van der Waals surface area contributed by atoms with Crippen molar-refractivity contribution in [2.24, 2.45) is 0 Å². The van der Waals surface area contributed by atoms with E-state index in [1.165, 1.54) is 6.07 Å². The van der Waals surface area contributed by atoms with Gasteiger partial charge in [-0.1, -0.05) is 0 Å². The molecule has 0 aliphatic rings. The van der Waals surface area contributed by atoms with Crippen molar-refractivity contribution in [3.63, 3.8) is 0 Å². The normalized spacial score (nSPS) is 10.2. The lowest BCUT2D eigenvalue weighted by molar-refractivity contribution is 0.266. The van der Waals surface area contributed by atoms with Gasteiger partial charge in [0.2, 0.25) is 0 Å². The molecule has 0 radical (unpaired) electrons. The van der Waals surface area contributed by atoms with Gasteiger partial charge in [0, 0.05) is 6.07 Å². The highest BCUT2D eigenvalue weighted by Crippen LogP contribution is 2.12. The molecule has 2 aromatic rings. The SMILES string of the molecule is Cc1cc(OCc2ccco2)cc(=O)o1. The van der Waals surface area contributed by atoms with E-state index in [0.29, 0.717) is 23.9 Å². The molecule has 2 aromatic heterocycles. The van der Waals surface area contributed by atoms with Crippen LogP contribution >= 0.6 is 0 Å². The summed E-state index contributed by atoms with van der Waals surface area (Å²) in [6.45, 7) is 2.00. The molecule has 2 heterocycles. The van der Waals surface area contributed by atoms with Crippen molar-refractivity contribution in [3.8, 4) is 5.75 Å². The van der Waals surface area contributed by atoms with Gasteiger partial charge in [-0.3, -0.25) is 0 Å². The van der Waals surface area contributed by atoms with E-state index in [9.17, 15) is 4.79 Å². The van der Waals surface area contributed by atoms with E-state index in [2.05, 4.69) is 0 Å². The fraction of sp³-hybridized carbons (Fsp3) is 0.182. The summed E-state index contributed by atoms with van der Waals surface area (Å²) in [6.07, 6.45) is 1.57. The Labute approximate surface area is 86.1 Å². The molecule has 0 fully saturated rings. The van der Waals surface area contributed by atoms with Crippen molar-refractivity contribution in [2.45, 2.75) is 13.5 Å². The van der Waals surface area contributed by atoms with Crippen LogP contribution in [0.15, 0.2) is 44.2 Å². The van der Waals surface area contributed by atoms with Gasteiger partial charge in [-0.2, -0.15) is 0 Å². The molecule has 78 valence electrons. The molecule has 4 heteroatoms. The predicted octanol–water partition coefficient (Wildman–Crippen LogP) is 2.12. The largest absolute Gasteiger partial charge is 0.485 e. The maximum absolute atomic E-state index is 11.0. The number of ether oxygens (including phenoxy) is 1. The first-order valence-corrected chi connectivity index (χ1v) is 4.51. The first-order valence-electron chi connectivity index (χ1n) is 4.51. The van der Waals surface area contributed by atoms with Crippen molar-refractivity contribution >= 4 is 0 Å². The fourth-order valence-corrected chi connectivity index (χ4v) is 1.21. The summed E-state index contributed by atoms with van der Waals surface area (Å²) in [4.78, 5) is 11.0. The Morgan fingerprint density at radius 1 is 1.40 bits per heavy atom. The lowest BCUT2D eigenvalue weighted by atomic mass is 10.4. The molecule has 0 atom stereocenters. The number of hydrogen-bond acceptors (Lipinski definition) is 4. The average molecular weight is 206 g/mol. The summed E-state index contributed by atoms with van der Waals surface area (Å²) < 4.78 is 15.2. The lowest BCUT2D eigenvalue weighted by Gasteiger charge is -2.03. The molecule has 15 heavy (non-hydrogen) atoms. The van der Waals surface area contributed by atoms with Gasteiger partial charge in [0.1, 0.15) is 23.9 Å². The molecule has 4 nitrogen and oxygen atoms in total. The molecule has 0 spiro atoms. The molecule has 0 bridgehead atoms. The standard InChI is InChI=1S/C11H10O4/c1-8-5-10(6-11(12)15-8)14-7-9-3-2-4-13-9/h2-6H,7H2,1H3. The topological polar surface area (TPSA) is 52.6 Å². The first kappa shape index (κ1) is 9.58. The molecule has 0 aromatic carbocycles. The summed E-state index contributed by atoms with van der Waals surface area (Å²) in [5.41, 5.74) is -0.413. The van der Waals surface area contributed by atoms with Crippen LogP contribution in [0.1, 0.15) is 11.5 Å². The maximum atomic E-state index is 11.0. The Bertz CT molecular complexity index is 482. The third kappa shape index (κ3) is 2.49. The zero-order valence-electron chi connectivity index (χ0n) is 8.23. The predicted molar refractivity (Wildman–Crippen MR) is 52.8 cm³/mol. The third-order valence-electron chi connectivity index (χ3n) is 1.83. The first-order chi connectivity index (χ1) is 7.24. The van der Waals surface area contributed by atoms with Gasteiger partial charge in [-0.25, -0.2) is 4.79 Å². The van der Waals surface area contributed by atoms with Crippen LogP contribution in [0, 0.1) is 6.92 Å². The summed E-state index contributed by atoms with van der Waals surface area (Å²) >= 11 is 0. The molecule has 0 aliphatic carbocycles. The van der Waals surface area contributed by atoms with Gasteiger partial charge < -0.3 is 13.6 Å². The molecule has 0 N–H and O–H groups in total. The van der Waals surface area contributed by atoms with Crippen molar-refractivity contribution in [1.82, 2.24) is 0 Å². The molecular formula is C11H10O4. The summed E-state index contributed by atoms with van der Waals surface area (Å²) in [5.74, 6) is 1.72. The van der Waals surface area contributed by atoms with Crippen LogP contribution in [-0.2, 0) is 6.61 Å². The Morgan fingerprint density at radius 2 is 2.27 bits per heavy atom. The Kier molecular flexibility index (Phi) is 2.58. The van der Waals surface area contributed by atoms with Crippen LogP contribution in [0.4, 0.5) is 0 Å². The number of furan rings is 1. The Morgan fingerprint density at radius 3 is 2.93 bits per heavy atom. The van der Waals surface area contributed by atoms with Gasteiger partial charge >= 0.3 is 5.63 Å².